The molecule has 0 saturated carbocycles. The van der Waals surface area contributed by atoms with Gasteiger partial charge >= 0.3 is 5.97 Å². The average Bonchev–Trinajstić information content (AvgIpc) is 3.22. The Bertz CT molecular complexity index is 1240. The lowest BCUT2D eigenvalue weighted by Gasteiger charge is -2.12. The zero-order valence-corrected chi connectivity index (χ0v) is 21.4. The maximum absolute atomic E-state index is 13.4. The highest BCUT2D eigenvalue weighted by molar-refractivity contribution is 7.16. The van der Waals surface area contributed by atoms with Crippen LogP contribution in [0.4, 0.5) is 10.7 Å². The molecule has 0 saturated heterocycles. The highest BCUT2D eigenvalue weighted by Gasteiger charge is 2.24. The molecule has 0 bridgehead atoms. The van der Waals surface area contributed by atoms with Gasteiger partial charge in [-0.05, 0) is 67.1 Å². The molecule has 0 spiro atoms. The van der Waals surface area contributed by atoms with Gasteiger partial charge in [-0.3, -0.25) is 4.79 Å². The fourth-order valence-corrected chi connectivity index (χ4v) is 5.39. The number of aliphatic imine (C=N–C) groups is 1. The molecule has 2 aromatic carbocycles. The second-order valence-corrected chi connectivity index (χ2v) is 9.54. The minimum atomic E-state index is -0.475. The molecule has 1 N–H and O–H groups in total. The molecule has 4 rings (SSSR count). The molecule has 7 nitrogen and oxygen atoms in total. The smallest absolute Gasteiger partial charge is 0.343 e. The number of carbonyl (C=O) groups excluding carboxylic acids is 2. The third-order valence-corrected chi connectivity index (χ3v) is 7.20. The van der Waals surface area contributed by atoms with Gasteiger partial charge < -0.3 is 19.5 Å². The summed E-state index contributed by atoms with van der Waals surface area (Å²) in [4.78, 5) is 30.8. The summed E-state index contributed by atoms with van der Waals surface area (Å²) in [5.74, 6) is 0.304. The number of rotatable bonds is 8. The Hall–Kier alpha value is -3.65. The minimum Gasteiger partial charge on any atom is -0.493 e. The Labute approximate surface area is 215 Å². The van der Waals surface area contributed by atoms with E-state index in [1.807, 2.05) is 36.4 Å². The van der Waals surface area contributed by atoms with Crippen LogP contribution >= 0.6 is 11.3 Å². The Kier molecular flexibility index (Phi) is 8.73. The maximum Gasteiger partial charge on any atom is 0.343 e. The van der Waals surface area contributed by atoms with Crippen LogP contribution in [0.3, 0.4) is 0 Å². The fourth-order valence-electron chi connectivity index (χ4n) is 4.16. The van der Waals surface area contributed by atoms with Crippen LogP contribution in [0.15, 0.2) is 53.5 Å². The Morgan fingerprint density at radius 1 is 1.00 bits per heavy atom. The number of aryl methyl sites for hydroxylation is 1. The van der Waals surface area contributed by atoms with Gasteiger partial charge in [-0.25, -0.2) is 9.79 Å². The summed E-state index contributed by atoms with van der Waals surface area (Å²) in [6.07, 6.45) is 8.18. The van der Waals surface area contributed by atoms with E-state index in [1.165, 1.54) is 31.9 Å². The second kappa shape index (κ2) is 12.4. The van der Waals surface area contributed by atoms with Crippen LogP contribution in [-0.2, 0) is 22.4 Å². The van der Waals surface area contributed by atoms with Crippen molar-refractivity contribution in [2.45, 2.75) is 38.5 Å². The quantitative estimate of drug-likeness (QED) is 0.300. The SMILES string of the molecule is COC(=O)COc1ccc(C=Nc2sc3c(c2C(=O)Nc2ccccc2)CCCCCC3)cc1OC. The first-order valence-electron chi connectivity index (χ1n) is 12.0. The van der Waals surface area contributed by atoms with E-state index < -0.39 is 5.97 Å². The molecule has 36 heavy (non-hydrogen) atoms. The van der Waals surface area contributed by atoms with Gasteiger partial charge in [-0.2, -0.15) is 0 Å². The van der Waals surface area contributed by atoms with E-state index in [2.05, 4.69) is 10.1 Å². The fraction of sp³-hybridized carbons (Fsp3) is 0.321. The van der Waals surface area contributed by atoms with Crippen LogP contribution in [0.5, 0.6) is 11.5 Å². The van der Waals surface area contributed by atoms with Gasteiger partial charge in [0.25, 0.3) is 5.91 Å². The van der Waals surface area contributed by atoms with Gasteiger partial charge in [0.2, 0.25) is 0 Å². The number of amides is 1. The van der Waals surface area contributed by atoms with Crippen LogP contribution in [0.25, 0.3) is 0 Å². The number of ether oxygens (including phenoxy) is 3. The molecular weight excluding hydrogens is 476 g/mol. The Balaban J connectivity index is 1.63. The predicted octanol–water partition coefficient (Wildman–Crippen LogP) is 5.97. The number of anilines is 1. The zero-order chi connectivity index (χ0) is 25.3. The van der Waals surface area contributed by atoms with Crippen LogP contribution in [0.1, 0.15) is 52.0 Å². The lowest BCUT2D eigenvalue weighted by atomic mass is 9.96. The van der Waals surface area contributed by atoms with Crippen molar-refractivity contribution in [2.24, 2.45) is 4.99 Å². The van der Waals surface area contributed by atoms with Crippen LogP contribution < -0.4 is 14.8 Å². The van der Waals surface area contributed by atoms with Gasteiger partial charge in [-0.1, -0.05) is 31.0 Å². The first-order valence-corrected chi connectivity index (χ1v) is 12.8. The maximum atomic E-state index is 13.4. The summed E-state index contributed by atoms with van der Waals surface area (Å²) in [5, 5.41) is 3.75. The Morgan fingerprint density at radius 3 is 2.53 bits per heavy atom. The predicted molar refractivity (Wildman–Crippen MR) is 142 cm³/mol. The average molecular weight is 507 g/mol. The van der Waals surface area contributed by atoms with Crippen molar-refractivity contribution in [3.63, 3.8) is 0 Å². The molecule has 0 radical (unpaired) electrons. The molecule has 0 aliphatic heterocycles. The third kappa shape index (κ3) is 6.31. The summed E-state index contributed by atoms with van der Waals surface area (Å²) >= 11 is 1.60. The zero-order valence-electron chi connectivity index (χ0n) is 20.5. The molecule has 1 amide bonds. The van der Waals surface area contributed by atoms with Crippen LogP contribution in [0, 0.1) is 0 Å². The molecule has 0 atom stereocenters. The molecule has 8 heteroatoms. The summed E-state index contributed by atoms with van der Waals surface area (Å²) in [7, 11) is 2.84. The summed E-state index contributed by atoms with van der Waals surface area (Å²) in [5.41, 5.74) is 3.34. The van der Waals surface area contributed by atoms with Crippen molar-refractivity contribution in [1.29, 1.82) is 0 Å². The van der Waals surface area contributed by atoms with Gasteiger partial charge in [0.1, 0.15) is 5.00 Å². The number of methoxy groups -OCH3 is 2. The van der Waals surface area contributed by atoms with E-state index in [-0.39, 0.29) is 12.5 Å². The molecule has 3 aromatic rings. The number of para-hydroxylation sites is 1. The van der Waals surface area contributed by atoms with Crippen molar-refractivity contribution in [3.05, 3.63) is 70.1 Å². The van der Waals surface area contributed by atoms with Crippen molar-refractivity contribution >= 4 is 40.1 Å². The summed E-state index contributed by atoms with van der Waals surface area (Å²) < 4.78 is 15.5. The molecule has 188 valence electrons. The number of carbonyl (C=O) groups is 2. The molecule has 1 aliphatic rings. The number of nitrogens with zero attached hydrogens (tertiary/aromatic N) is 1. The topological polar surface area (TPSA) is 86.2 Å². The molecule has 1 aromatic heterocycles. The first kappa shape index (κ1) is 25.4. The van der Waals surface area contributed by atoms with Gasteiger partial charge in [0.05, 0.1) is 19.8 Å². The van der Waals surface area contributed by atoms with Crippen molar-refractivity contribution in [3.8, 4) is 11.5 Å². The van der Waals surface area contributed by atoms with E-state index in [9.17, 15) is 9.59 Å². The monoisotopic (exact) mass is 506 g/mol. The standard InChI is InChI=1S/C28H30N2O5S/c1-33-23-16-19(14-15-22(23)35-18-25(31)34-2)17-29-28-26(27(32)30-20-10-6-5-7-11-20)21-12-8-3-4-9-13-24(21)36-28/h5-7,10-11,14-17H,3-4,8-9,12-13,18H2,1-2H3,(H,30,32). The Morgan fingerprint density at radius 2 is 1.78 bits per heavy atom. The molecule has 1 aliphatic carbocycles. The third-order valence-electron chi connectivity index (χ3n) is 6.00. The van der Waals surface area contributed by atoms with Crippen molar-refractivity contribution in [2.75, 3.05) is 26.1 Å². The van der Waals surface area contributed by atoms with Gasteiger partial charge in [-0.15, -0.1) is 11.3 Å². The van der Waals surface area contributed by atoms with E-state index in [0.717, 1.165) is 42.5 Å². The lowest BCUT2D eigenvalue weighted by molar-refractivity contribution is -0.142. The number of hydrogen-bond acceptors (Lipinski definition) is 7. The highest BCUT2D eigenvalue weighted by Crippen LogP contribution is 2.39. The summed E-state index contributed by atoms with van der Waals surface area (Å²) in [6, 6.07) is 14.8. The molecular formula is C28H30N2O5S. The molecule has 0 fully saturated rings. The number of fused-ring (bicyclic) bond motifs is 1. The van der Waals surface area contributed by atoms with E-state index in [1.54, 1.807) is 29.7 Å². The number of hydrogen-bond donors (Lipinski definition) is 1. The second-order valence-electron chi connectivity index (χ2n) is 8.45. The van der Waals surface area contributed by atoms with Crippen LogP contribution in [0.2, 0.25) is 0 Å². The largest absolute Gasteiger partial charge is 0.493 e. The van der Waals surface area contributed by atoms with Crippen molar-refractivity contribution in [1.82, 2.24) is 0 Å². The van der Waals surface area contributed by atoms with E-state index in [0.29, 0.717) is 22.1 Å². The number of benzene rings is 2. The van der Waals surface area contributed by atoms with Gasteiger partial charge in [0.15, 0.2) is 18.1 Å². The number of nitrogens with one attached hydrogen (secondary N) is 1. The molecule has 0 unspecified atom stereocenters. The minimum absolute atomic E-state index is 0.129. The number of thiophene rings is 1. The van der Waals surface area contributed by atoms with Crippen molar-refractivity contribution < 1.29 is 23.8 Å². The van der Waals surface area contributed by atoms with E-state index >= 15 is 0 Å². The molecule has 1 heterocycles. The normalized spacial score (nSPS) is 13.4. The van der Waals surface area contributed by atoms with E-state index in [4.69, 9.17) is 14.5 Å². The summed E-state index contributed by atoms with van der Waals surface area (Å²) in [6.45, 7) is -0.207. The first-order chi connectivity index (χ1) is 17.6. The van der Waals surface area contributed by atoms with Gasteiger partial charge in [0, 0.05) is 16.8 Å². The highest BCUT2D eigenvalue weighted by atomic mass is 32.1. The number of esters is 1. The van der Waals surface area contributed by atoms with Crippen LogP contribution in [-0.4, -0.2) is 38.9 Å². The lowest BCUT2D eigenvalue weighted by Crippen LogP contribution is -2.14.